The van der Waals surface area contributed by atoms with Gasteiger partial charge in [-0.2, -0.15) is 0 Å². The monoisotopic (exact) mass is 287 g/mol. The first-order valence-electron chi connectivity index (χ1n) is 6.29. The van der Waals surface area contributed by atoms with Gasteiger partial charge in [-0.15, -0.1) is 0 Å². The van der Waals surface area contributed by atoms with Crippen molar-refractivity contribution in [2.24, 2.45) is 0 Å². The molecule has 0 spiro atoms. The SMILES string of the molecule is CCOP(=O)(OCC)Oc1c(C)c(C)cc(N)c1C. The molecule has 0 unspecified atom stereocenters. The van der Waals surface area contributed by atoms with Gasteiger partial charge in [-0.25, -0.2) is 4.57 Å². The van der Waals surface area contributed by atoms with E-state index in [1.54, 1.807) is 13.8 Å². The molecule has 0 aromatic heterocycles. The molecule has 0 heterocycles. The van der Waals surface area contributed by atoms with Crippen LogP contribution in [0.25, 0.3) is 0 Å². The van der Waals surface area contributed by atoms with Gasteiger partial charge in [0.2, 0.25) is 0 Å². The molecule has 0 bridgehead atoms. The number of hydrogen-bond donors (Lipinski definition) is 1. The number of rotatable bonds is 6. The van der Waals surface area contributed by atoms with E-state index in [4.69, 9.17) is 19.3 Å². The topological polar surface area (TPSA) is 70.8 Å². The lowest BCUT2D eigenvalue weighted by Crippen LogP contribution is -2.06. The van der Waals surface area contributed by atoms with E-state index in [1.165, 1.54) is 0 Å². The van der Waals surface area contributed by atoms with Gasteiger partial charge < -0.3 is 10.3 Å². The van der Waals surface area contributed by atoms with E-state index in [-0.39, 0.29) is 13.2 Å². The van der Waals surface area contributed by atoms with Crippen LogP contribution >= 0.6 is 7.82 Å². The first-order valence-corrected chi connectivity index (χ1v) is 7.75. The third kappa shape index (κ3) is 3.72. The molecule has 0 aliphatic carbocycles. The Morgan fingerprint density at radius 2 is 1.63 bits per heavy atom. The third-order valence-electron chi connectivity index (χ3n) is 2.86. The highest BCUT2D eigenvalue weighted by Crippen LogP contribution is 2.51. The zero-order chi connectivity index (χ0) is 14.6. The van der Waals surface area contributed by atoms with Crippen molar-refractivity contribution in [2.75, 3.05) is 18.9 Å². The molecule has 6 heteroatoms. The van der Waals surface area contributed by atoms with Crippen LogP contribution in [0.5, 0.6) is 5.75 Å². The maximum atomic E-state index is 12.4. The van der Waals surface area contributed by atoms with E-state index >= 15 is 0 Å². The standard InChI is InChI=1S/C13H22NO4P/c1-6-16-19(15,17-7-2)18-13-10(4)9(3)8-12(14)11(13)5/h8H,6-7,14H2,1-5H3. The minimum atomic E-state index is -3.59. The van der Waals surface area contributed by atoms with Crippen LogP contribution in [0.4, 0.5) is 5.69 Å². The highest BCUT2D eigenvalue weighted by Gasteiger charge is 2.29. The van der Waals surface area contributed by atoms with E-state index in [1.807, 2.05) is 26.8 Å². The van der Waals surface area contributed by atoms with Crippen molar-refractivity contribution in [3.8, 4) is 5.75 Å². The van der Waals surface area contributed by atoms with Crippen molar-refractivity contribution in [2.45, 2.75) is 34.6 Å². The van der Waals surface area contributed by atoms with E-state index in [0.29, 0.717) is 11.4 Å². The van der Waals surface area contributed by atoms with Crippen LogP contribution in [0.3, 0.4) is 0 Å². The summed E-state index contributed by atoms with van der Waals surface area (Å²) in [5.74, 6) is 0.475. The Morgan fingerprint density at radius 1 is 1.11 bits per heavy atom. The molecule has 0 aliphatic rings. The van der Waals surface area contributed by atoms with Crippen LogP contribution in [-0.2, 0) is 13.6 Å². The predicted molar refractivity (Wildman–Crippen MR) is 76.6 cm³/mol. The number of phosphoric ester groups is 1. The molecule has 0 saturated heterocycles. The fraction of sp³-hybridized carbons (Fsp3) is 0.538. The van der Waals surface area contributed by atoms with E-state index < -0.39 is 7.82 Å². The van der Waals surface area contributed by atoms with Crippen LogP contribution in [0.1, 0.15) is 30.5 Å². The van der Waals surface area contributed by atoms with E-state index in [0.717, 1.165) is 16.7 Å². The zero-order valence-electron chi connectivity index (χ0n) is 12.1. The molecule has 0 amide bonds. The lowest BCUT2D eigenvalue weighted by Gasteiger charge is -2.21. The molecule has 1 aromatic rings. The average molecular weight is 287 g/mol. The molecule has 19 heavy (non-hydrogen) atoms. The predicted octanol–water partition coefficient (Wildman–Crippen LogP) is 3.75. The molecule has 0 aliphatic heterocycles. The summed E-state index contributed by atoms with van der Waals surface area (Å²) in [6.45, 7) is 9.59. The molecule has 0 radical (unpaired) electrons. The van der Waals surface area contributed by atoms with Gasteiger partial charge in [-0.3, -0.25) is 9.05 Å². The van der Waals surface area contributed by atoms with Crippen LogP contribution < -0.4 is 10.3 Å². The minimum absolute atomic E-state index is 0.247. The quantitative estimate of drug-likeness (QED) is 0.637. The maximum absolute atomic E-state index is 12.4. The lowest BCUT2D eigenvalue weighted by atomic mass is 10.0. The first-order chi connectivity index (χ1) is 8.84. The molecule has 0 saturated carbocycles. The highest BCUT2D eigenvalue weighted by molar-refractivity contribution is 7.48. The fourth-order valence-electron chi connectivity index (χ4n) is 1.70. The molecule has 0 atom stereocenters. The number of anilines is 1. The second kappa shape index (κ2) is 6.42. The number of phosphoric acid groups is 1. The normalized spacial score (nSPS) is 11.6. The lowest BCUT2D eigenvalue weighted by molar-refractivity contribution is 0.167. The second-order valence-corrected chi connectivity index (χ2v) is 5.83. The molecule has 5 nitrogen and oxygen atoms in total. The van der Waals surface area contributed by atoms with Crippen LogP contribution in [-0.4, -0.2) is 13.2 Å². The number of hydrogen-bond acceptors (Lipinski definition) is 5. The number of nitrogen functional groups attached to an aromatic ring is 1. The third-order valence-corrected chi connectivity index (χ3v) is 4.41. The van der Waals surface area contributed by atoms with Crippen molar-refractivity contribution >= 4 is 13.5 Å². The van der Waals surface area contributed by atoms with Crippen molar-refractivity contribution in [1.29, 1.82) is 0 Å². The Labute approximate surface area is 114 Å². The Kier molecular flexibility index (Phi) is 5.41. The molecule has 108 valence electrons. The first kappa shape index (κ1) is 16.0. The summed E-state index contributed by atoms with van der Waals surface area (Å²) in [5.41, 5.74) is 9.09. The minimum Gasteiger partial charge on any atom is -0.403 e. The van der Waals surface area contributed by atoms with Gasteiger partial charge in [0.1, 0.15) is 5.75 Å². The van der Waals surface area contributed by atoms with Crippen molar-refractivity contribution in [3.05, 3.63) is 22.8 Å². The molecular formula is C13H22NO4P. The smallest absolute Gasteiger partial charge is 0.403 e. The van der Waals surface area contributed by atoms with Crippen LogP contribution in [0.15, 0.2) is 6.07 Å². The molecule has 0 fully saturated rings. The van der Waals surface area contributed by atoms with Gasteiger partial charge in [0.05, 0.1) is 13.2 Å². The van der Waals surface area contributed by atoms with E-state index in [9.17, 15) is 4.57 Å². The van der Waals surface area contributed by atoms with Crippen LogP contribution in [0, 0.1) is 20.8 Å². The number of nitrogens with two attached hydrogens (primary N) is 1. The second-order valence-electron chi connectivity index (χ2n) is 4.24. The van der Waals surface area contributed by atoms with Crippen molar-refractivity contribution in [1.82, 2.24) is 0 Å². The van der Waals surface area contributed by atoms with E-state index in [2.05, 4.69) is 0 Å². The maximum Gasteiger partial charge on any atom is 0.530 e. The van der Waals surface area contributed by atoms with Gasteiger partial charge in [-0.05, 0) is 51.8 Å². The summed E-state index contributed by atoms with van der Waals surface area (Å²) in [6.07, 6.45) is 0. The highest BCUT2D eigenvalue weighted by atomic mass is 31.2. The van der Waals surface area contributed by atoms with Gasteiger partial charge in [-0.1, -0.05) is 0 Å². The van der Waals surface area contributed by atoms with Crippen LogP contribution in [0.2, 0.25) is 0 Å². The summed E-state index contributed by atoms with van der Waals surface area (Å²) in [4.78, 5) is 0. The summed E-state index contributed by atoms with van der Waals surface area (Å²) in [6, 6.07) is 1.86. The van der Waals surface area contributed by atoms with Crippen molar-refractivity contribution in [3.63, 3.8) is 0 Å². The largest absolute Gasteiger partial charge is 0.530 e. The average Bonchev–Trinajstić information content (AvgIpc) is 2.33. The Hall–Kier alpha value is -1.03. The summed E-state index contributed by atoms with van der Waals surface area (Å²) >= 11 is 0. The Bertz CT molecular complexity index is 466. The van der Waals surface area contributed by atoms with Gasteiger partial charge in [0.15, 0.2) is 0 Å². The molecular weight excluding hydrogens is 265 g/mol. The summed E-state index contributed by atoms with van der Waals surface area (Å²) in [5, 5.41) is 0. The zero-order valence-corrected chi connectivity index (χ0v) is 13.0. The molecule has 2 N–H and O–H groups in total. The Balaban J connectivity index is 3.20. The summed E-state index contributed by atoms with van der Waals surface area (Å²) < 4.78 is 28.2. The van der Waals surface area contributed by atoms with Crippen molar-refractivity contribution < 1.29 is 18.1 Å². The van der Waals surface area contributed by atoms with Gasteiger partial charge >= 0.3 is 7.82 Å². The Morgan fingerprint density at radius 3 is 2.11 bits per heavy atom. The number of benzene rings is 1. The summed E-state index contributed by atoms with van der Waals surface area (Å²) in [7, 11) is -3.59. The van der Waals surface area contributed by atoms with Gasteiger partial charge in [0, 0.05) is 11.3 Å². The molecule has 1 rings (SSSR count). The number of aryl methyl sites for hydroxylation is 1. The van der Waals surface area contributed by atoms with Gasteiger partial charge in [0.25, 0.3) is 0 Å². The molecule has 1 aromatic carbocycles. The fourth-order valence-corrected chi connectivity index (χ4v) is 3.01.